The van der Waals surface area contributed by atoms with Crippen LogP contribution in [0.2, 0.25) is 0 Å². The topological polar surface area (TPSA) is 152 Å². The molecule has 0 spiro atoms. The van der Waals surface area contributed by atoms with Crippen LogP contribution in [-0.4, -0.2) is 84.1 Å². The molecule has 0 aromatic heterocycles. The van der Waals surface area contributed by atoms with Crippen LogP contribution in [0.3, 0.4) is 0 Å². The Bertz CT molecular complexity index is 1200. The normalized spacial score (nSPS) is 42.5. The van der Waals surface area contributed by atoms with E-state index in [0.717, 1.165) is 64.2 Å². The number of carbonyl (C=O) groups is 2. The van der Waals surface area contributed by atoms with E-state index in [9.17, 15) is 19.8 Å². The van der Waals surface area contributed by atoms with Gasteiger partial charge in [0.05, 0.1) is 13.2 Å². The van der Waals surface area contributed by atoms with Crippen molar-refractivity contribution in [2.45, 2.75) is 124 Å². The summed E-state index contributed by atoms with van der Waals surface area (Å²) in [6, 6.07) is 0. The first kappa shape index (κ1) is 37.4. The van der Waals surface area contributed by atoms with Gasteiger partial charge in [0, 0.05) is 10.8 Å². The second kappa shape index (κ2) is 13.7. The van der Waals surface area contributed by atoms with E-state index in [4.69, 9.17) is 29.2 Å². The van der Waals surface area contributed by atoms with Crippen molar-refractivity contribution < 1.29 is 49.0 Å². The summed E-state index contributed by atoms with van der Waals surface area (Å²) < 4.78 is 21.9. The zero-order valence-corrected chi connectivity index (χ0v) is 30.2. The van der Waals surface area contributed by atoms with Crippen LogP contribution in [0.15, 0.2) is 12.2 Å². The lowest BCUT2D eigenvalue weighted by atomic mass is 9.32. The smallest absolute Gasteiger partial charge is 0.434 e. The van der Waals surface area contributed by atoms with Gasteiger partial charge >= 0.3 is 12.3 Å². The molecule has 5 aliphatic carbocycles. The Hall–Kier alpha value is -1.88. The fourth-order valence-electron chi connectivity index (χ4n) is 12.6. The molecule has 274 valence electrons. The van der Waals surface area contributed by atoms with Gasteiger partial charge in [-0.3, -0.25) is 0 Å². The molecular weight excluding hydrogens is 616 g/mol. The lowest BCUT2D eigenvalue weighted by Crippen LogP contribution is -2.67. The molecule has 5 saturated carbocycles. The molecule has 0 aromatic carbocycles. The van der Waals surface area contributed by atoms with Crippen LogP contribution < -0.4 is 0 Å². The summed E-state index contributed by atoms with van der Waals surface area (Å²) in [6.07, 6.45) is 6.19. The zero-order chi connectivity index (χ0) is 35.3. The van der Waals surface area contributed by atoms with Crippen molar-refractivity contribution in [1.82, 2.24) is 0 Å². The molecule has 5 rings (SSSR count). The maximum absolute atomic E-state index is 12.6. The minimum absolute atomic E-state index is 0.0886. The van der Waals surface area contributed by atoms with E-state index in [1.807, 2.05) is 0 Å². The Kier molecular flexibility index (Phi) is 10.7. The van der Waals surface area contributed by atoms with Crippen molar-refractivity contribution in [2.75, 3.05) is 33.0 Å². The van der Waals surface area contributed by atoms with Gasteiger partial charge in [0.1, 0.15) is 38.1 Å². The number of carbonyl (C=O) groups excluding carboxylic acids is 2. The van der Waals surface area contributed by atoms with E-state index < -0.39 is 37.7 Å². The molecule has 48 heavy (non-hydrogen) atoms. The third kappa shape index (κ3) is 6.19. The van der Waals surface area contributed by atoms with Crippen LogP contribution in [0.25, 0.3) is 0 Å². The average molecular weight is 679 g/mol. The number of rotatable bonds is 10. The maximum Gasteiger partial charge on any atom is 0.508 e. The summed E-state index contributed by atoms with van der Waals surface area (Å²) in [5.41, 5.74) is 1.15. The minimum atomic E-state index is -1.12. The second-order valence-corrected chi connectivity index (χ2v) is 17.6. The van der Waals surface area contributed by atoms with Crippen LogP contribution >= 0.6 is 0 Å². The number of ether oxygens (including phenoxy) is 4. The summed E-state index contributed by atoms with van der Waals surface area (Å²) in [5.74, 6) is 2.12. The van der Waals surface area contributed by atoms with Crippen molar-refractivity contribution in [1.29, 1.82) is 0 Å². The van der Waals surface area contributed by atoms with Gasteiger partial charge in [-0.1, -0.05) is 46.8 Å². The van der Waals surface area contributed by atoms with Gasteiger partial charge in [0.25, 0.3) is 0 Å². The van der Waals surface area contributed by atoms with E-state index in [2.05, 4.69) is 48.1 Å². The third-order valence-electron chi connectivity index (χ3n) is 15.1. The fourth-order valence-corrected chi connectivity index (χ4v) is 12.6. The monoisotopic (exact) mass is 678 g/mol. The molecule has 0 aliphatic heterocycles. The van der Waals surface area contributed by atoms with E-state index in [-0.39, 0.29) is 46.4 Å². The van der Waals surface area contributed by atoms with Gasteiger partial charge in [0.15, 0.2) is 0 Å². The number of aliphatic hydroxyl groups is 4. The first-order valence-electron chi connectivity index (χ1n) is 18.4. The van der Waals surface area contributed by atoms with E-state index in [1.54, 1.807) is 0 Å². The maximum atomic E-state index is 12.6. The van der Waals surface area contributed by atoms with E-state index in [1.165, 1.54) is 5.57 Å². The predicted molar refractivity (Wildman–Crippen MR) is 179 cm³/mol. The molecule has 10 heteroatoms. The highest BCUT2D eigenvalue weighted by molar-refractivity contribution is 5.60. The fraction of sp³-hybridized carbons (Fsp3) is 0.895. The molecule has 5 fully saturated rings. The summed E-state index contributed by atoms with van der Waals surface area (Å²) in [5, 5.41) is 37.4. The van der Waals surface area contributed by atoms with Crippen LogP contribution in [0.1, 0.15) is 106 Å². The zero-order valence-electron chi connectivity index (χ0n) is 30.2. The van der Waals surface area contributed by atoms with Gasteiger partial charge in [0.2, 0.25) is 0 Å². The number of allylic oxidation sites excluding steroid dienone is 1. The number of hydrogen-bond donors (Lipinski definition) is 4. The standard InChI is InChI=1S/C38H62O10/c1-23(2)26-10-15-38(22-47-32(43)45-20-24(41)18-39)17-16-36(6)27(31(26)38)8-9-29-35(5)13-12-30(48-33(44)46-21-25(42)19-40)34(3,4)28(35)11-14-37(29,36)7/h24-31,39-42H,1,8-22H2,2-7H3/t24?,25?,26?,27?,28?,29?,30?,31?,35?,36?,37?,38-/m1/s1. The third-order valence-corrected chi connectivity index (χ3v) is 15.1. The van der Waals surface area contributed by atoms with Gasteiger partial charge in [-0.2, -0.15) is 0 Å². The van der Waals surface area contributed by atoms with Crippen LogP contribution in [0, 0.1) is 56.7 Å². The SMILES string of the molecule is C=C(C)C1CC[C@]2(COC(=O)OCC(O)CO)CCC3(C)C(CCC4C5(C)CCC(OC(=O)OCC(O)CO)C(C)(C)C5CCC43C)C12. The van der Waals surface area contributed by atoms with Gasteiger partial charge in [-0.15, -0.1) is 0 Å². The summed E-state index contributed by atoms with van der Waals surface area (Å²) in [7, 11) is 0. The minimum Gasteiger partial charge on any atom is -0.434 e. The molecule has 11 unspecified atom stereocenters. The van der Waals surface area contributed by atoms with Gasteiger partial charge in [-0.25, -0.2) is 9.59 Å². The molecule has 0 saturated heterocycles. The predicted octanol–water partition coefficient (Wildman–Crippen LogP) is 6.03. The lowest BCUT2D eigenvalue weighted by molar-refractivity contribution is -0.250. The molecular formula is C38H62O10. The largest absolute Gasteiger partial charge is 0.508 e. The Morgan fingerprint density at radius 3 is 2.02 bits per heavy atom. The molecule has 0 heterocycles. The molecule has 5 aliphatic rings. The second-order valence-electron chi connectivity index (χ2n) is 17.6. The molecule has 0 aromatic rings. The Labute approximate surface area is 286 Å². The lowest BCUT2D eigenvalue weighted by Gasteiger charge is -2.73. The highest BCUT2D eigenvalue weighted by atomic mass is 16.7. The van der Waals surface area contributed by atoms with Gasteiger partial charge < -0.3 is 39.4 Å². The Balaban J connectivity index is 1.35. The van der Waals surface area contributed by atoms with E-state index in [0.29, 0.717) is 36.2 Å². The van der Waals surface area contributed by atoms with Crippen LogP contribution in [-0.2, 0) is 18.9 Å². The average Bonchev–Trinajstić information content (AvgIpc) is 3.43. The summed E-state index contributed by atoms with van der Waals surface area (Å²) in [4.78, 5) is 25.1. The van der Waals surface area contributed by atoms with Crippen molar-refractivity contribution in [3.63, 3.8) is 0 Å². The van der Waals surface area contributed by atoms with E-state index >= 15 is 0 Å². The van der Waals surface area contributed by atoms with Crippen LogP contribution in [0.5, 0.6) is 0 Å². The van der Waals surface area contributed by atoms with Crippen molar-refractivity contribution in [2.24, 2.45) is 56.7 Å². The molecule has 0 bridgehead atoms. The number of fused-ring (bicyclic) bond motifs is 7. The first-order valence-corrected chi connectivity index (χ1v) is 18.4. The van der Waals surface area contributed by atoms with Crippen molar-refractivity contribution >= 4 is 12.3 Å². The highest BCUT2D eigenvalue weighted by Gasteiger charge is 2.71. The Morgan fingerprint density at radius 1 is 0.750 bits per heavy atom. The molecule has 10 nitrogen and oxygen atoms in total. The quantitative estimate of drug-likeness (QED) is 0.159. The van der Waals surface area contributed by atoms with Crippen molar-refractivity contribution in [3.05, 3.63) is 12.2 Å². The van der Waals surface area contributed by atoms with Crippen LogP contribution in [0.4, 0.5) is 9.59 Å². The number of hydrogen-bond acceptors (Lipinski definition) is 10. The first-order chi connectivity index (χ1) is 22.5. The molecule has 0 radical (unpaired) electrons. The molecule has 4 N–H and O–H groups in total. The molecule has 0 amide bonds. The highest BCUT2D eigenvalue weighted by Crippen LogP contribution is 2.77. The number of aliphatic hydroxyl groups excluding tert-OH is 4. The van der Waals surface area contributed by atoms with Gasteiger partial charge in [-0.05, 0) is 117 Å². The molecule has 12 atom stereocenters. The summed E-state index contributed by atoms with van der Waals surface area (Å²) >= 11 is 0. The van der Waals surface area contributed by atoms with Crippen molar-refractivity contribution in [3.8, 4) is 0 Å². The Morgan fingerprint density at radius 2 is 1.40 bits per heavy atom. The summed E-state index contributed by atoms with van der Waals surface area (Å²) in [6.45, 7) is 17.5.